The topological polar surface area (TPSA) is 0 Å². The maximum absolute atomic E-state index is 2.49. The lowest BCUT2D eigenvalue weighted by atomic mass is 9.99. The van der Waals surface area contributed by atoms with Gasteiger partial charge in [-0.05, 0) is 29.5 Å². The Kier molecular flexibility index (Phi) is 5.13. The van der Waals surface area contributed by atoms with Crippen molar-refractivity contribution >= 4 is 35.3 Å². The summed E-state index contributed by atoms with van der Waals surface area (Å²) < 4.78 is 0.231. The van der Waals surface area contributed by atoms with Gasteiger partial charge in [0.25, 0.3) is 0 Å². The van der Waals surface area contributed by atoms with E-state index in [1.165, 1.54) is 27.5 Å². The van der Waals surface area contributed by atoms with Gasteiger partial charge in [0.05, 0.1) is 4.08 Å². The van der Waals surface area contributed by atoms with Gasteiger partial charge in [-0.3, -0.25) is 0 Å². The summed E-state index contributed by atoms with van der Waals surface area (Å²) in [5, 5.41) is 0. The first-order valence-corrected chi connectivity index (χ1v) is 10.5. The molecular formula is C18H22S3. The minimum Gasteiger partial charge on any atom is -0.138 e. The fourth-order valence-corrected chi connectivity index (χ4v) is 7.12. The minimum absolute atomic E-state index is 0.231. The van der Waals surface area contributed by atoms with Crippen LogP contribution >= 0.6 is 35.3 Å². The van der Waals surface area contributed by atoms with Gasteiger partial charge in [-0.15, -0.1) is 35.3 Å². The molecule has 1 aromatic rings. The van der Waals surface area contributed by atoms with E-state index in [4.69, 9.17) is 0 Å². The Bertz CT molecular complexity index is 551. The molecule has 0 N–H and O–H groups in total. The molecule has 0 nitrogen and oxygen atoms in total. The van der Waals surface area contributed by atoms with Crippen LogP contribution in [0.2, 0.25) is 0 Å². The first-order chi connectivity index (χ1) is 10.2. The molecule has 0 saturated carbocycles. The molecule has 3 heteroatoms. The van der Waals surface area contributed by atoms with Crippen molar-refractivity contribution in [3.05, 3.63) is 53.6 Å². The van der Waals surface area contributed by atoms with Crippen LogP contribution in [-0.2, 0) is 4.08 Å². The molecule has 21 heavy (non-hydrogen) atoms. The molecule has 2 aliphatic heterocycles. The Morgan fingerprint density at radius 1 is 1.10 bits per heavy atom. The lowest BCUT2D eigenvalue weighted by Crippen LogP contribution is -2.15. The fourth-order valence-electron chi connectivity index (χ4n) is 2.82. The zero-order chi connectivity index (χ0) is 14.7. The van der Waals surface area contributed by atoms with Crippen LogP contribution in [-0.4, -0.2) is 17.3 Å². The van der Waals surface area contributed by atoms with Crippen LogP contribution in [0.15, 0.2) is 53.0 Å². The zero-order valence-electron chi connectivity index (χ0n) is 12.7. The summed E-state index contributed by atoms with van der Waals surface area (Å²) in [6.07, 6.45) is 8.28. The quantitative estimate of drug-likeness (QED) is 0.622. The van der Waals surface area contributed by atoms with Crippen LogP contribution in [0.4, 0.5) is 0 Å². The molecule has 1 saturated heterocycles. The highest BCUT2D eigenvalue weighted by atomic mass is 32.2. The molecule has 0 amide bonds. The SMILES string of the molecule is CC(C)C1=CCC2(SCCS2)c2ccccc2SCC=C1. The van der Waals surface area contributed by atoms with Crippen molar-refractivity contribution < 1.29 is 0 Å². The molecule has 0 aromatic heterocycles. The smallest absolute Gasteiger partial charge is 0.0905 e. The number of benzene rings is 1. The van der Waals surface area contributed by atoms with E-state index in [1.807, 2.05) is 11.8 Å². The Hall–Kier alpha value is -0.250. The van der Waals surface area contributed by atoms with Crippen LogP contribution < -0.4 is 0 Å². The highest BCUT2D eigenvalue weighted by molar-refractivity contribution is 8.20. The number of thioether (sulfide) groups is 3. The molecule has 1 aromatic carbocycles. The molecule has 1 spiro atoms. The third kappa shape index (κ3) is 3.40. The van der Waals surface area contributed by atoms with E-state index < -0.39 is 0 Å². The monoisotopic (exact) mass is 334 g/mol. The second kappa shape index (κ2) is 6.89. The Morgan fingerprint density at radius 3 is 2.62 bits per heavy atom. The maximum atomic E-state index is 2.49. The van der Waals surface area contributed by atoms with Gasteiger partial charge in [-0.25, -0.2) is 0 Å². The van der Waals surface area contributed by atoms with E-state index >= 15 is 0 Å². The molecule has 0 bridgehead atoms. The summed E-state index contributed by atoms with van der Waals surface area (Å²) in [7, 11) is 0. The summed E-state index contributed by atoms with van der Waals surface area (Å²) in [6.45, 7) is 4.59. The summed E-state index contributed by atoms with van der Waals surface area (Å²) in [4.78, 5) is 1.46. The molecular weight excluding hydrogens is 312 g/mol. The summed E-state index contributed by atoms with van der Waals surface area (Å²) in [5.41, 5.74) is 3.03. The second-order valence-corrected chi connectivity index (χ2v) is 9.83. The normalized spacial score (nSPS) is 21.4. The van der Waals surface area contributed by atoms with Gasteiger partial charge < -0.3 is 0 Å². The van der Waals surface area contributed by atoms with Gasteiger partial charge in [0.2, 0.25) is 0 Å². The van der Waals surface area contributed by atoms with E-state index in [-0.39, 0.29) is 4.08 Å². The predicted octanol–water partition coefficient (Wildman–Crippen LogP) is 5.95. The molecule has 0 atom stereocenters. The molecule has 0 aliphatic carbocycles. The van der Waals surface area contributed by atoms with Crippen molar-refractivity contribution in [2.24, 2.45) is 5.92 Å². The lowest BCUT2D eigenvalue weighted by Gasteiger charge is -2.29. The molecule has 2 heterocycles. The molecule has 0 radical (unpaired) electrons. The van der Waals surface area contributed by atoms with Crippen LogP contribution in [0, 0.1) is 5.92 Å². The zero-order valence-corrected chi connectivity index (χ0v) is 15.1. The van der Waals surface area contributed by atoms with E-state index in [2.05, 4.69) is 79.9 Å². The molecule has 1 fully saturated rings. The van der Waals surface area contributed by atoms with Crippen LogP contribution in [0.5, 0.6) is 0 Å². The van der Waals surface area contributed by atoms with Gasteiger partial charge in [-0.1, -0.05) is 50.3 Å². The van der Waals surface area contributed by atoms with Crippen molar-refractivity contribution in [2.45, 2.75) is 29.2 Å². The minimum atomic E-state index is 0.231. The van der Waals surface area contributed by atoms with Crippen molar-refractivity contribution in [3.63, 3.8) is 0 Å². The first kappa shape index (κ1) is 15.6. The predicted molar refractivity (Wildman–Crippen MR) is 100 cm³/mol. The van der Waals surface area contributed by atoms with Crippen molar-refractivity contribution in [1.82, 2.24) is 0 Å². The molecule has 3 rings (SSSR count). The number of hydrogen-bond acceptors (Lipinski definition) is 3. The van der Waals surface area contributed by atoms with Crippen LogP contribution in [0.25, 0.3) is 0 Å². The largest absolute Gasteiger partial charge is 0.138 e. The third-order valence-electron chi connectivity index (χ3n) is 3.97. The summed E-state index contributed by atoms with van der Waals surface area (Å²) >= 11 is 6.26. The number of rotatable bonds is 1. The first-order valence-electron chi connectivity index (χ1n) is 7.58. The summed E-state index contributed by atoms with van der Waals surface area (Å²) in [6, 6.07) is 9.02. The number of allylic oxidation sites excluding steroid dienone is 3. The van der Waals surface area contributed by atoms with Gasteiger partial charge in [0, 0.05) is 22.2 Å². The maximum Gasteiger partial charge on any atom is 0.0905 e. The third-order valence-corrected chi connectivity index (χ3v) is 8.48. The van der Waals surface area contributed by atoms with Gasteiger partial charge in [0.1, 0.15) is 0 Å². The van der Waals surface area contributed by atoms with Crippen molar-refractivity contribution in [1.29, 1.82) is 0 Å². The highest BCUT2D eigenvalue weighted by Gasteiger charge is 2.38. The Balaban J connectivity index is 2.04. The number of fused-ring (bicyclic) bond motifs is 2. The fraction of sp³-hybridized carbons (Fsp3) is 0.444. The van der Waals surface area contributed by atoms with Gasteiger partial charge in [-0.2, -0.15) is 0 Å². The van der Waals surface area contributed by atoms with Gasteiger partial charge >= 0.3 is 0 Å². The average molecular weight is 335 g/mol. The standard InChI is InChI=1S/C18H22S3/c1-14(2)15-6-5-11-19-17-8-4-3-7-16(17)18(10-9-15)20-12-13-21-18/h3-9,14H,10-13H2,1-2H3. The number of hydrogen-bond donors (Lipinski definition) is 0. The molecule has 2 aliphatic rings. The molecule has 112 valence electrons. The van der Waals surface area contributed by atoms with E-state index in [9.17, 15) is 0 Å². The molecule has 0 unspecified atom stereocenters. The lowest BCUT2D eigenvalue weighted by molar-refractivity contribution is 0.772. The van der Waals surface area contributed by atoms with E-state index in [0.717, 1.165) is 12.2 Å². The highest BCUT2D eigenvalue weighted by Crippen LogP contribution is 2.56. The second-order valence-electron chi connectivity index (χ2n) is 5.72. The van der Waals surface area contributed by atoms with E-state index in [0.29, 0.717) is 5.92 Å². The van der Waals surface area contributed by atoms with Crippen LogP contribution in [0.3, 0.4) is 0 Å². The van der Waals surface area contributed by atoms with E-state index in [1.54, 1.807) is 0 Å². The average Bonchev–Trinajstić information content (AvgIpc) is 2.96. The summed E-state index contributed by atoms with van der Waals surface area (Å²) in [5.74, 6) is 4.20. The Labute approximate surface area is 141 Å². The van der Waals surface area contributed by atoms with Gasteiger partial charge in [0.15, 0.2) is 0 Å². The van der Waals surface area contributed by atoms with Crippen LogP contribution in [0.1, 0.15) is 25.8 Å². The van der Waals surface area contributed by atoms with Crippen molar-refractivity contribution in [3.8, 4) is 0 Å². The Morgan fingerprint density at radius 2 is 1.86 bits per heavy atom. The van der Waals surface area contributed by atoms with Crippen molar-refractivity contribution in [2.75, 3.05) is 17.3 Å².